The van der Waals surface area contributed by atoms with E-state index in [4.69, 9.17) is 9.47 Å². The molecule has 0 aliphatic carbocycles. The average Bonchev–Trinajstić information content (AvgIpc) is 2.62. The first-order chi connectivity index (χ1) is 12.0. The highest BCUT2D eigenvalue weighted by atomic mass is 19.1. The first kappa shape index (κ1) is 18.6. The van der Waals surface area contributed by atoms with Gasteiger partial charge in [-0.15, -0.1) is 0 Å². The van der Waals surface area contributed by atoms with Gasteiger partial charge in [0.2, 0.25) is 5.91 Å². The second kappa shape index (κ2) is 8.94. The van der Waals surface area contributed by atoms with Gasteiger partial charge >= 0.3 is 0 Å². The molecule has 0 aliphatic heterocycles. The van der Waals surface area contributed by atoms with Crippen LogP contribution in [0, 0.1) is 5.82 Å². The van der Waals surface area contributed by atoms with Gasteiger partial charge in [-0.1, -0.05) is 12.1 Å². The Hall–Kier alpha value is -2.73. The summed E-state index contributed by atoms with van der Waals surface area (Å²) in [4.78, 5) is 12.0. The maximum absolute atomic E-state index is 12.9. The summed E-state index contributed by atoms with van der Waals surface area (Å²) in [5.74, 6) is 0.139. The lowest BCUT2D eigenvalue weighted by atomic mass is 10.1. The Morgan fingerprint density at radius 2 is 1.88 bits per heavy atom. The number of nitrogens with zero attached hydrogens (tertiary/aromatic N) is 1. The third kappa shape index (κ3) is 5.39. The van der Waals surface area contributed by atoms with Crippen LogP contribution in [0.3, 0.4) is 0 Å². The van der Waals surface area contributed by atoms with Crippen LogP contribution in [0.25, 0.3) is 0 Å². The predicted octanol–water partition coefficient (Wildman–Crippen LogP) is 3.06. The van der Waals surface area contributed by atoms with Gasteiger partial charge in [0.15, 0.2) is 0 Å². The Labute approximate surface area is 146 Å². The maximum atomic E-state index is 12.9. The van der Waals surface area contributed by atoms with Gasteiger partial charge in [-0.2, -0.15) is 5.10 Å². The van der Waals surface area contributed by atoms with Crippen LogP contribution in [-0.2, 0) is 22.6 Å². The molecule has 0 aliphatic rings. The van der Waals surface area contributed by atoms with Crippen LogP contribution in [0.15, 0.2) is 47.6 Å². The first-order valence-corrected chi connectivity index (χ1v) is 7.77. The van der Waals surface area contributed by atoms with E-state index in [-0.39, 0.29) is 18.1 Å². The Morgan fingerprint density at radius 1 is 1.16 bits per heavy atom. The molecule has 0 fully saturated rings. The summed E-state index contributed by atoms with van der Waals surface area (Å²) >= 11 is 0. The number of amides is 1. The van der Waals surface area contributed by atoms with E-state index in [1.165, 1.54) is 12.1 Å². The fourth-order valence-corrected chi connectivity index (χ4v) is 2.31. The van der Waals surface area contributed by atoms with E-state index in [9.17, 15) is 9.18 Å². The van der Waals surface area contributed by atoms with Crippen LogP contribution < -0.4 is 10.2 Å². The highest BCUT2D eigenvalue weighted by molar-refractivity contribution is 5.99. The van der Waals surface area contributed by atoms with Crippen molar-refractivity contribution in [2.45, 2.75) is 20.0 Å². The van der Waals surface area contributed by atoms with Crippen molar-refractivity contribution >= 4 is 11.6 Å². The van der Waals surface area contributed by atoms with E-state index in [0.717, 1.165) is 22.4 Å². The number of hydrazone groups is 1. The number of hydrogen-bond donors (Lipinski definition) is 1. The van der Waals surface area contributed by atoms with Gasteiger partial charge < -0.3 is 9.47 Å². The number of nitrogens with one attached hydrogen (secondary N) is 1. The van der Waals surface area contributed by atoms with E-state index in [0.29, 0.717) is 12.3 Å². The standard InChI is InChI=1S/C19H21FN2O3/c1-13(15-6-9-18(25-3)16(11-15)12-24-2)21-22-19(23)10-14-4-7-17(20)8-5-14/h4-9,11H,10,12H2,1-3H3,(H,22,23)/b21-13-. The number of carbonyl (C=O) groups is 1. The number of benzene rings is 2. The van der Waals surface area contributed by atoms with Crippen molar-refractivity contribution in [3.8, 4) is 5.75 Å². The van der Waals surface area contributed by atoms with Gasteiger partial charge in [0, 0.05) is 12.7 Å². The highest BCUT2D eigenvalue weighted by Crippen LogP contribution is 2.21. The molecule has 1 amide bonds. The summed E-state index contributed by atoms with van der Waals surface area (Å²) in [5.41, 5.74) is 5.65. The van der Waals surface area contributed by atoms with Crippen LogP contribution >= 0.6 is 0 Å². The van der Waals surface area contributed by atoms with E-state index >= 15 is 0 Å². The lowest BCUT2D eigenvalue weighted by Gasteiger charge is -2.10. The molecule has 2 aromatic carbocycles. The highest BCUT2D eigenvalue weighted by Gasteiger charge is 2.07. The Morgan fingerprint density at radius 3 is 2.52 bits per heavy atom. The topological polar surface area (TPSA) is 59.9 Å². The number of ether oxygens (including phenoxy) is 2. The zero-order valence-electron chi connectivity index (χ0n) is 14.5. The SMILES string of the molecule is COCc1cc(/C(C)=N\NC(=O)Cc2ccc(F)cc2)ccc1OC. The summed E-state index contributed by atoms with van der Waals surface area (Å²) in [6, 6.07) is 11.4. The summed E-state index contributed by atoms with van der Waals surface area (Å²) in [7, 11) is 3.22. The minimum Gasteiger partial charge on any atom is -0.496 e. The quantitative estimate of drug-likeness (QED) is 0.620. The minimum absolute atomic E-state index is 0.134. The van der Waals surface area contributed by atoms with Gasteiger partial charge in [0.25, 0.3) is 0 Å². The summed E-state index contributed by atoms with van der Waals surface area (Å²) in [6.45, 7) is 2.22. The monoisotopic (exact) mass is 344 g/mol. The van der Waals surface area contributed by atoms with Gasteiger partial charge in [-0.3, -0.25) is 4.79 Å². The van der Waals surface area contributed by atoms with E-state index in [1.54, 1.807) is 33.3 Å². The molecule has 2 aromatic rings. The molecule has 0 atom stereocenters. The second-order valence-corrected chi connectivity index (χ2v) is 5.50. The zero-order valence-corrected chi connectivity index (χ0v) is 14.5. The molecule has 25 heavy (non-hydrogen) atoms. The average molecular weight is 344 g/mol. The normalized spacial score (nSPS) is 11.3. The van der Waals surface area contributed by atoms with Crippen molar-refractivity contribution in [1.29, 1.82) is 0 Å². The van der Waals surface area contributed by atoms with Gasteiger partial charge in [-0.25, -0.2) is 9.82 Å². The summed E-state index contributed by atoms with van der Waals surface area (Å²) < 4.78 is 23.3. The van der Waals surface area contributed by atoms with Gasteiger partial charge in [0.1, 0.15) is 11.6 Å². The molecule has 0 aromatic heterocycles. The first-order valence-electron chi connectivity index (χ1n) is 7.77. The molecule has 0 bridgehead atoms. The van der Waals surface area contributed by atoms with Crippen molar-refractivity contribution in [3.05, 3.63) is 65.0 Å². The Kier molecular flexibility index (Phi) is 6.65. The minimum atomic E-state index is -0.329. The molecule has 5 nitrogen and oxygen atoms in total. The number of halogens is 1. The third-order valence-electron chi connectivity index (χ3n) is 3.62. The number of rotatable bonds is 7. The molecular weight excluding hydrogens is 323 g/mol. The maximum Gasteiger partial charge on any atom is 0.244 e. The van der Waals surface area contributed by atoms with E-state index < -0.39 is 0 Å². The Balaban J connectivity index is 2.03. The molecule has 0 saturated heterocycles. The molecule has 2 rings (SSSR count). The molecule has 0 heterocycles. The lowest BCUT2D eigenvalue weighted by Crippen LogP contribution is -2.21. The van der Waals surface area contributed by atoms with Crippen LogP contribution in [0.4, 0.5) is 4.39 Å². The van der Waals surface area contributed by atoms with Crippen molar-refractivity contribution in [3.63, 3.8) is 0 Å². The van der Waals surface area contributed by atoms with E-state index in [1.807, 2.05) is 18.2 Å². The zero-order chi connectivity index (χ0) is 18.2. The fourth-order valence-electron chi connectivity index (χ4n) is 2.31. The largest absolute Gasteiger partial charge is 0.496 e. The molecule has 1 N–H and O–H groups in total. The number of methoxy groups -OCH3 is 2. The third-order valence-corrected chi connectivity index (χ3v) is 3.62. The molecule has 0 saturated carbocycles. The molecule has 6 heteroatoms. The van der Waals surface area contributed by atoms with Gasteiger partial charge in [-0.05, 0) is 48.4 Å². The van der Waals surface area contributed by atoms with Crippen molar-refractivity contribution in [1.82, 2.24) is 5.43 Å². The second-order valence-electron chi connectivity index (χ2n) is 5.50. The Bertz CT molecular complexity index is 758. The van der Waals surface area contributed by atoms with Crippen LogP contribution in [0.5, 0.6) is 5.75 Å². The van der Waals surface area contributed by atoms with Crippen molar-refractivity contribution in [2.75, 3.05) is 14.2 Å². The molecule has 132 valence electrons. The molecule has 0 unspecified atom stereocenters. The number of carbonyl (C=O) groups excluding carboxylic acids is 1. The predicted molar refractivity (Wildman–Crippen MR) is 94.2 cm³/mol. The van der Waals surface area contributed by atoms with Crippen LogP contribution in [0.1, 0.15) is 23.6 Å². The van der Waals surface area contributed by atoms with Crippen molar-refractivity contribution < 1.29 is 18.7 Å². The van der Waals surface area contributed by atoms with E-state index in [2.05, 4.69) is 10.5 Å². The smallest absolute Gasteiger partial charge is 0.244 e. The van der Waals surface area contributed by atoms with Crippen LogP contribution in [-0.4, -0.2) is 25.8 Å². The van der Waals surface area contributed by atoms with Crippen LogP contribution in [0.2, 0.25) is 0 Å². The number of hydrogen-bond acceptors (Lipinski definition) is 4. The lowest BCUT2D eigenvalue weighted by molar-refractivity contribution is -0.120. The molecular formula is C19H21FN2O3. The molecule has 0 radical (unpaired) electrons. The fraction of sp³-hybridized carbons (Fsp3) is 0.263. The van der Waals surface area contributed by atoms with Gasteiger partial charge in [0.05, 0.1) is 25.8 Å². The summed E-state index contributed by atoms with van der Waals surface area (Å²) in [5, 5.41) is 4.13. The molecule has 0 spiro atoms. The summed E-state index contributed by atoms with van der Waals surface area (Å²) in [6.07, 6.45) is 0.134. The van der Waals surface area contributed by atoms with Crippen molar-refractivity contribution in [2.24, 2.45) is 5.10 Å².